The Morgan fingerprint density at radius 2 is 0.731 bits per heavy atom. The Labute approximate surface area is 419 Å². The van der Waals surface area contributed by atoms with E-state index in [-0.39, 0.29) is 30.2 Å². The molecule has 0 saturated carbocycles. The normalized spacial score (nSPS) is 12.5. The second-order valence-electron chi connectivity index (χ2n) is 21.0. The predicted octanol–water partition coefficient (Wildman–Crippen LogP) is 17.4. The molecule has 396 valence electrons. The molecule has 0 radical (unpaired) electrons. The predicted molar refractivity (Wildman–Crippen MR) is 287 cm³/mol. The van der Waals surface area contributed by atoms with Crippen molar-refractivity contribution in [3.8, 4) is 0 Å². The van der Waals surface area contributed by atoms with Crippen molar-refractivity contribution in [2.75, 3.05) is 18.1 Å². The van der Waals surface area contributed by atoms with Gasteiger partial charge in [-0.3, -0.25) is 14.4 Å². The Morgan fingerprint density at radius 3 is 1.07 bits per heavy atom. The molecule has 0 spiro atoms. The van der Waals surface area contributed by atoms with E-state index in [1.807, 2.05) is 20.8 Å². The van der Waals surface area contributed by atoms with Crippen LogP contribution in [0.4, 0.5) is 0 Å². The van der Waals surface area contributed by atoms with E-state index in [1.165, 1.54) is 204 Å². The zero-order valence-corrected chi connectivity index (χ0v) is 46.1. The lowest BCUT2D eigenvalue weighted by Crippen LogP contribution is -2.46. The third kappa shape index (κ3) is 49.0. The van der Waals surface area contributed by atoms with Crippen LogP contribution >= 0.6 is 11.8 Å². The number of nitrogens with one attached hydrogen (secondary N) is 1. The van der Waals surface area contributed by atoms with Crippen LogP contribution in [0.2, 0.25) is 0 Å². The van der Waals surface area contributed by atoms with E-state index in [2.05, 4.69) is 26.1 Å². The van der Waals surface area contributed by atoms with E-state index in [4.69, 9.17) is 14.2 Å². The molecule has 0 heterocycles. The van der Waals surface area contributed by atoms with Gasteiger partial charge in [0.15, 0.2) is 0 Å². The minimum atomic E-state index is -0.834. The van der Waals surface area contributed by atoms with Gasteiger partial charge in [0, 0.05) is 30.8 Å². The lowest BCUT2D eigenvalue weighted by atomic mass is 10.0. The van der Waals surface area contributed by atoms with Gasteiger partial charge in [-0.2, -0.15) is 11.8 Å². The van der Waals surface area contributed by atoms with Crippen molar-refractivity contribution in [1.29, 1.82) is 0 Å². The first kappa shape index (κ1) is 65.2. The maximum Gasteiger partial charge on any atom is 0.330 e. The van der Waals surface area contributed by atoms with Gasteiger partial charge in [0.1, 0.15) is 24.4 Å². The summed E-state index contributed by atoms with van der Waals surface area (Å²) in [6, 6.07) is -0.834. The number of carbonyl (C=O) groups excluding carboxylic acids is 4. The molecule has 8 nitrogen and oxygen atoms in total. The molecule has 2 atom stereocenters. The zero-order valence-electron chi connectivity index (χ0n) is 45.2. The van der Waals surface area contributed by atoms with Crippen LogP contribution in [0.15, 0.2) is 0 Å². The molecule has 0 aliphatic carbocycles. The summed E-state index contributed by atoms with van der Waals surface area (Å²) < 4.78 is 17.3. The lowest BCUT2D eigenvalue weighted by molar-refractivity contribution is -0.158. The molecule has 0 aromatic heterocycles. The molecule has 0 bridgehead atoms. The van der Waals surface area contributed by atoms with E-state index < -0.39 is 23.7 Å². The van der Waals surface area contributed by atoms with Crippen LogP contribution in [-0.4, -0.2) is 59.7 Å². The van der Waals surface area contributed by atoms with Gasteiger partial charge in [0.2, 0.25) is 5.91 Å². The van der Waals surface area contributed by atoms with Gasteiger partial charge >= 0.3 is 17.9 Å². The molecule has 1 N–H and O–H groups in total. The summed E-state index contributed by atoms with van der Waals surface area (Å²) in [5.41, 5.74) is -0.702. The highest BCUT2D eigenvalue weighted by molar-refractivity contribution is 7.99. The second kappa shape index (κ2) is 49.2. The summed E-state index contributed by atoms with van der Waals surface area (Å²) in [6.07, 6.45) is 48.8. The fourth-order valence-electron chi connectivity index (χ4n) is 8.62. The Kier molecular flexibility index (Phi) is 47.9. The third-order valence-corrected chi connectivity index (χ3v) is 14.0. The third-order valence-electron chi connectivity index (χ3n) is 12.8. The van der Waals surface area contributed by atoms with Crippen molar-refractivity contribution in [3.05, 3.63) is 0 Å². The van der Waals surface area contributed by atoms with E-state index in [1.54, 1.807) is 0 Å². The van der Waals surface area contributed by atoms with E-state index >= 15 is 0 Å². The highest BCUT2D eigenvalue weighted by Gasteiger charge is 2.28. The Morgan fingerprint density at radius 1 is 0.418 bits per heavy atom. The molecule has 0 fully saturated rings. The molecule has 9 heteroatoms. The first-order valence-electron chi connectivity index (χ1n) is 29.0. The monoisotopic (exact) mass is 966 g/mol. The van der Waals surface area contributed by atoms with E-state index in [9.17, 15) is 19.2 Å². The number of ether oxygens (including phenoxy) is 3. The largest absolute Gasteiger partial charge is 0.462 e. The van der Waals surface area contributed by atoms with Gasteiger partial charge < -0.3 is 19.5 Å². The van der Waals surface area contributed by atoms with Crippen molar-refractivity contribution in [2.24, 2.45) is 0 Å². The van der Waals surface area contributed by atoms with Crippen molar-refractivity contribution >= 4 is 35.6 Å². The molecule has 0 aliphatic heterocycles. The van der Waals surface area contributed by atoms with Crippen LogP contribution in [0.3, 0.4) is 0 Å². The fourth-order valence-corrected chi connectivity index (χ4v) is 9.64. The SMILES string of the molecule is CCCCCCCCCCCCCCCC(=O)N[C@@H](CSC[C@H](COC(=O)CCCCCCCCCCCCCCC)OC(=O)CCCCCCCCCCCCCCC)C(=O)OC(C)(C)C. The summed E-state index contributed by atoms with van der Waals surface area (Å²) in [7, 11) is 0. The first-order chi connectivity index (χ1) is 32.5. The molecule has 0 aromatic rings. The van der Waals surface area contributed by atoms with Crippen LogP contribution in [-0.2, 0) is 33.4 Å². The first-order valence-corrected chi connectivity index (χ1v) is 30.1. The van der Waals surface area contributed by atoms with Gasteiger partial charge in [0.25, 0.3) is 0 Å². The maximum atomic E-state index is 13.3. The van der Waals surface area contributed by atoms with Crippen molar-refractivity contribution < 1.29 is 33.4 Å². The summed E-state index contributed by atoms with van der Waals surface area (Å²) in [4.78, 5) is 52.3. The van der Waals surface area contributed by atoms with Crippen LogP contribution in [0.1, 0.15) is 311 Å². The highest BCUT2D eigenvalue weighted by Crippen LogP contribution is 2.19. The molecule has 0 unspecified atom stereocenters. The van der Waals surface area contributed by atoms with E-state index in [0.29, 0.717) is 25.0 Å². The van der Waals surface area contributed by atoms with Crippen LogP contribution < -0.4 is 5.32 Å². The molecular weight excluding hydrogens is 855 g/mol. The van der Waals surface area contributed by atoms with Crippen molar-refractivity contribution in [2.45, 2.75) is 329 Å². The van der Waals surface area contributed by atoms with Gasteiger partial charge in [-0.1, -0.05) is 252 Å². The van der Waals surface area contributed by atoms with Gasteiger partial charge in [-0.15, -0.1) is 0 Å². The number of carbonyl (C=O) groups is 4. The Bertz CT molecular complexity index is 1130. The van der Waals surface area contributed by atoms with Gasteiger partial charge in [-0.25, -0.2) is 4.79 Å². The molecule has 0 saturated heterocycles. The minimum absolute atomic E-state index is 0.0167. The average Bonchev–Trinajstić information content (AvgIpc) is 3.29. The van der Waals surface area contributed by atoms with Crippen LogP contribution in [0.25, 0.3) is 0 Å². The molecular formula is C58H111NO7S. The molecule has 0 aromatic carbocycles. The Balaban J connectivity index is 4.93. The van der Waals surface area contributed by atoms with Crippen molar-refractivity contribution in [1.82, 2.24) is 5.32 Å². The number of esters is 3. The number of hydrogen-bond acceptors (Lipinski definition) is 8. The topological polar surface area (TPSA) is 108 Å². The smallest absolute Gasteiger partial charge is 0.330 e. The number of amides is 1. The summed E-state index contributed by atoms with van der Waals surface area (Å²) in [5, 5.41) is 2.95. The molecule has 67 heavy (non-hydrogen) atoms. The Hall–Kier alpha value is -1.77. The molecule has 0 aliphatic rings. The minimum Gasteiger partial charge on any atom is -0.462 e. The number of thioether (sulfide) groups is 1. The van der Waals surface area contributed by atoms with Crippen molar-refractivity contribution in [3.63, 3.8) is 0 Å². The summed E-state index contributed by atoms with van der Waals surface area (Å²) >= 11 is 1.41. The van der Waals surface area contributed by atoms with E-state index in [0.717, 1.165) is 57.8 Å². The number of rotatable bonds is 51. The zero-order chi connectivity index (χ0) is 49.3. The maximum absolute atomic E-state index is 13.3. The van der Waals surface area contributed by atoms with Gasteiger partial charge in [-0.05, 0) is 40.0 Å². The average molecular weight is 967 g/mol. The van der Waals surface area contributed by atoms with Crippen LogP contribution in [0, 0.1) is 0 Å². The quantitative estimate of drug-likeness (QED) is 0.0365. The second-order valence-corrected chi connectivity index (χ2v) is 22.0. The summed E-state index contributed by atoms with van der Waals surface area (Å²) in [5.74, 6) is -0.571. The van der Waals surface area contributed by atoms with Gasteiger partial charge in [0.05, 0.1) is 0 Å². The number of unbranched alkanes of at least 4 members (excludes halogenated alkanes) is 36. The molecule has 1 amide bonds. The summed E-state index contributed by atoms with van der Waals surface area (Å²) in [6.45, 7) is 12.2. The molecule has 0 rings (SSSR count). The number of hydrogen-bond donors (Lipinski definition) is 1. The highest BCUT2D eigenvalue weighted by atomic mass is 32.2. The lowest BCUT2D eigenvalue weighted by Gasteiger charge is -2.25. The fraction of sp³-hybridized carbons (Fsp3) is 0.931. The standard InChI is InChI=1S/C58H111NO7S/c1-7-10-13-16-19-22-25-28-31-34-37-40-43-46-54(60)59-53(57(63)66-58(4,5)6)51-67-50-52(65-56(62)48-45-42-39-36-33-30-27-24-21-18-15-12-9-3)49-64-55(61)47-44-41-38-35-32-29-26-23-20-17-14-11-8-2/h52-53H,7-51H2,1-6H3,(H,59,60)/t52-,53-/m0/s1. The van der Waals surface area contributed by atoms with Crippen LogP contribution in [0.5, 0.6) is 0 Å².